The van der Waals surface area contributed by atoms with E-state index in [-0.39, 0.29) is 6.10 Å². The number of aromatic amines is 1. The summed E-state index contributed by atoms with van der Waals surface area (Å²) in [4.78, 5) is 8.26. The van der Waals surface area contributed by atoms with Gasteiger partial charge >= 0.3 is 0 Å². The molecule has 1 atom stereocenters. The summed E-state index contributed by atoms with van der Waals surface area (Å²) in [5.41, 5.74) is 0. The number of nitrogens with zero attached hydrogens (tertiary/aromatic N) is 4. The van der Waals surface area contributed by atoms with Gasteiger partial charge in [0, 0.05) is 0 Å². The van der Waals surface area contributed by atoms with Crippen molar-refractivity contribution in [1.29, 1.82) is 0 Å². The summed E-state index contributed by atoms with van der Waals surface area (Å²) < 4.78 is 11.1. The van der Waals surface area contributed by atoms with Crippen molar-refractivity contribution < 1.29 is 9.26 Å². The SMILES string of the molecule is C[C@H](Oc1ccc2ccccc2c1)c1nc(-c2ncn[nH]2)no1. The molecule has 0 unspecified atom stereocenters. The third kappa shape index (κ3) is 2.64. The number of fused-ring (bicyclic) bond motifs is 1. The molecule has 0 saturated carbocycles. The fourth-order valence-corrected chi connectivity index (χ4v) is 2.30. The predicted molar refractivity (Wildman–Crippen MR) is 82.7 cm³/mol. The minimum atomic E-state index is -0.375. The first-order valence-corrected chi connectivity index (χ1v) is 7.14. The quantitative estimate of drug-likeness (QED) is 0.623. The zero-order chi connectivity index (χ0) is 15.6. The molecule has 7 heteroatoms. The lowest BCUT2D eigenvalue weighted by Crippen LogP contribution is -2.03. The largest absolute Gasteiger partial charge is 0.481 e. The van der Waals surface area contributed by atoms with E-state index in [0.29, 0.717) is 17.5 Å². The summed E-state index contributed by atoms with van der Waals surface area (Å²) in [6.07, 6.45) is 1.01. The lowest BCUT2D eigenvalue weighted by molar-refractivity contribution is 0.176. The van der Waals surface area contributed by atoms with Gasteiger partial charge in [0.1, 0.15) is 12.1 Å². The summed E-state index contributed by atoms with van der Waals surface area (Å²) in [6.45, 7) is 1.85. The van der Waals surface area contributed by atoms with Gasteiger partial charge in [-0.3, -0.25) is 5.10 Å². The zero-order valence-electron chi connectivity index (χ0n) is 12.3. The third-order valence-corrected chi connectivity index (χ3v) is 3.45. The Balaban J connectivity index is 1.55. The molecule has 23 heavy (non-hydrogen) atoms. The van der Waals surface area contributed by atoms with Crippen molar-refractivity contribution in [2.75, 3.05) is 0 Å². The molecule has 0 saturated heterocycles. The van der Waals surface area contributed by atoms with E-state index < -0.39 is 0 Å². The van der Waals surface area contributed by atoms with Gasteiger partial charge in [-0.1, -0.05) is 35.5 Å². The highest BCUT2D eigenvalue weighted by atomic mass is 16.5. The molecule has 1 N–H and O–H groups in total. The monoisotopic (exact) mass is 307 g/mol. The summed E-state index contributed by atoms with van der Waals surface area (Å²) >= 11 is 0. The maximum atomic E-state index is 5.90. The van der Waals surface area contributed by atoms with Crippen LogP contribution in [0.25, 0.3) is 22.4 Å². The normalized spacial score (nSPS) is 12.4. The Bertz CT molecular complexity index is 932. The average Bonchev–Trinajstić information content (AvgIpc) is 3.26. The van der Waals surface area contributed by atoms with E-state index in [9.17, 15) is 0 Å². The van der Waals surface area contributed by atoms with Crippen LogP contribution >= 0.6 is 0 Å². The van der Waals surface area contributed by atoms with Crippen molar-refractivity contribution in [3.63, 3.8) is 0 Å². The lowest BCUT2D eigenvalue weighted by Gasteiger charge is -2.11. The highest BCUT2D eigenvalue weighted by Gasteiger charge is 2.18. The van der Waals surface area contributed by atoms with Crippen LogP contribution in [-0.4, -0.2) is 25.3 Å². The van der Waals surface area contributed by atoms with Crippen LogP contribution in [0.5, 0.6) is 5.75 Å². The van der Waals surface area contributed by atoms with Crippen molar-refractivity contribution >= 4 is 10.8 Å². The van der Waals surface area contributed by atoms with Gasteiger partial charge in [0.15, 0.2) is 11.9 Å². The number of nitrogens with one attached hydrogen (secondary N) is 1. The molecule has 0 aliphatic heterocycles. The van der Waals surface area contributed by atoms with E-state index in [1.165, 1.54) is 6.33 Å². The highest BCUT2D eigenvalue weighted by molar-refractivity contribution is 5.83. The molecule has 0 amide bonds. The number of ether oxygens (including phenoxy) is 1. The standard InChI is InChI=1S/C16H13N5O2/c1-10(16-19-15(21-23-16)14-17-9-18-20-14)22-13-7-6-11-4-2-3-5-12(11)8-13/h2-10H,1H3,(H,17,18,20)/t10-/m0/s1. The van der Waals surface area contributed by atoms with Crippen molar-refractivity contribution in [2.45, 2.75) is 13.0 Å². The molecule has 0 fully saturated rings. The fourth-order valence-electron chi connectivity index (χ4n) is 2.30. The number of aromatic nitrogens is 5. The summed E-state index contributed by atoms with van der Waals surface area (Å²) in [5, 5.41) is 12.6. The van der Waals surface area contributed by atoms with Gasteiger partial charge in [0.05, 0.1) is 0 Å². The number of hydrogen-bond acceptors (Lipinski definition) is 6. The Hall–Kier alpha value is -3.22. The molecule has 114 valence electrons. The topological polar surface area (TPSA) is 89.7 Å². The molecule has 2 aromatic carbocycles. The van der Waals surface area contributed by atoms with E-state index in [1.807, 2.05) is 43.3 Å². The first-order valence-electron chi connectivity index (χ1n) is 7.14. The van der Waals surface area contributed by atoms with E-state index in [4.69, 9.17) is 9.26 Å². The minimum absolute atomic E-state index is 0.353. The van der Waals surface area contributed by atoms with Gasteiger partial charge in [0.2, 0.25) is 5.82 Å². The molecular weight excluding hydrogens is 294 g/mol. The van der Waals surface area contributed by atoms with Crippen LogP contribution in [0.3, 0.4) is 0 Å². The van der Waals surface area contributed by atoms with Gasteiger partial charge < -0.3 is 9.26 Å². The predicted octanol–water partition coefficient (Wildman–Crippen LogP) is 3.15. The number of H-pyrrole nitrogens is 1. The molecule has 0 aliphatic rings. The van der Waals surface area contributed by atoms with Gasteiger partial charge in [-0.05, 0) is 29.8 Å². The van der Waals surface area contributed by atoms with Gasteiger partial charge in [0.25, 0.3) is 5.89 Å². The van der Waals surface area contributed by atoms with E-state index >= 15 is 0 Å². The second-order valence-corrected chi connectivity index (χ2v) is 5.06. The highest BCUT2D eigenvalue weighted by Crippen LogP contribution is 2.25. The Morgan fingerprint density at radius 3 is 2.83 bits per heavy atom. The molecule has 7 nitrogen and oxygen atoms in total. The first-order chi connectivity index (χ1) is 11.3. The Morgan fingerprint density at radius 2 is 2.00 bits per heavy atom. The van der Waals surface area contributed by atoms with Crippen LogP contribution in [0, 0.1) is 0 Å². The van der Waals surface area contributed by atoms with Crippen LogP contribution < -0.4 is 4.74 Å². The third-order valence-electron chi connectivity index (χ3n) is 3.45. The van der Waals surface area contributed by atoms with Gasteiger partial charge in [-0.25, -0.2) is 4.98 Å². The summed E-state index contributed by atoms with van der Waals surface area (Å²) in [6, 6.07) is 14.0. The number of hydrogen-bond donors (Lipinski definition) is 1. The lowest BCUT2D eigenvalue weighted by atomic mass is 10.1. The first kappa shape index (κ1) is 13.4. The zero-order valence-corrected chi connectivity index (χ0v) is 12.3. The minimum Gasteiger partial charge on any atom is -0.481 e. The van der Waals surface area contributed by atoms with Crippen molar-refractivity contribution in [3.05, 3.63) is 54.7 Å². The molecule has 4 aromatic rings. The molecule has 2 heterocycles. The second kappa shape index (κ2) is 5.53. The summed E-state index contributed by atoms with van der Waals surface area (Å²) in [5.74, 6) is 1.93. The smallest absolute Gasteiger partial charge is 0.267 e. The molecule has 4 rings (SSSR count). The number of benzene rings is 2. The maximum absolute atomic E-state index is 5.90. The Labute approximate surface area is 131 Å². The summed E-state index contributed by atoms with van der Waals surface area (Å²) in [7, 11) is 0. The van der Waals surface area contributed by atoms with Gasteiger partial charge in [-0.2, -0.15) is 10.1 Å². The van der Waals surface area contributed by atoms with Crippen LogP contribution in [-0.2, 0) is 0 Å². The number of rotatable bonds is 4. The van der Waals surface area contributed by atoms with Crippen LogP contribution in [0.15, 0.2) is 53.3 Å². The Kier molecular flexibility index (Phi) is 3.23. The molecular formula is C16H13N5O2. The molecule has 0 radical (unpaired) electrons. The Morgan fingerprint density at radius 1 is 1.13 bits per heavy atom. The molecule has 0 bridgehead atoms. The van der Waals surface area contributed by atoms with Crippen LogP contribution in [0.2, 0.25) is 0 Å². The average molecular weight is 307 g/mol. The molecule has 0 aliphatic carbocycles. The molecule has 0 spiro atoms. The van der Waals surface area contributed by atoms with Crippen molar-refractivity contribution in [2.24, 2.45) is 0 Å². The van der Waals surface area contributed by atoms with Crippen LogP contribution in [0.1, 0.15) is 18.9 Å². The van der Waals surface area contributed by atoms with Crippen LogP contribution in [0.4, 0.5) is 0 Å². The van der Waals surface area contributed by atoms with Gasteiger partial charge in [-0.15, -0.1) is 0 Å². The van der Waals surface area contributed by atoms with E-state index in [0.717, 1.165) is 16.5 Å². The second-order valence-electron chi connectivity index (χ2n) is 5.06. The van der Waals surface area contributed by atoms with Crippen molar-refractivity contribution in [3.8, 4) is 17.4 Å². The van der Waals surface area contributed by atoms with E-state index in [2.05, 4.69) is 31.4 Å². The molecule has 2 aromatic heterocycles. The maximum Gasteiger partial charge on any atom is 0.267 e. The fraction of sp³-hybridized carbons (Fsp3) is 0.125. The van der Waals surface area contributed by atoms with E-state index in [1.54, 1.807) is 0 Å². The van der Waals surface area contributed by atoms with Crippen molar-refractivity contribution in [1.82, 2.24) is 25.3 Å².